The quantitative estimate of drug-likeness (QED) is 0.109. The molecular weight excluding hydrogens is 326 g/mol. The Hall–Kier alpha value is -1.75. The van der Waals surface area contributed by atoms with Crippen LogP contribution >= 0.6 is 0 Å². The van der Waals surface area contributed by atoms with Gasteiger partial charge in [-0.15, -0.1) is 0 Å². The number of amides is 3. The summed E-state index contributed by atoms with van der Waals surface area (Å²) < 4.78 is 0. The van der Waals surface area contributed by atoms with Gasteiger partial charge in [-0.3, -0.25) is 19.3 Å². The second kappa shape index (κ2) is 15.8. The largest absolute Gasteiger partial charge is 0.357 e. The third-order valence-electron chi connectivity index (χ3n) is 3.50. The van der Waals surface area contributed by atoms with E-state index in [2.05, 4.69) is 16.0 Å². The predicted octanol–water partition coefficient (Wildman–Crippen LogP) is -3.49. The molecule has 0 aromatic carbocycles. The molecule has 0 bridgehead atoms. The van der Waals surface area contributed by atoms with E-state index in [0.717, 1.165) is 6.54 Å². The summed E-state index contributed by atoms with van der Waals surface area (Å²) in [5, 5.41) is 8.00. The summed E-state index contributed by atoms with van der Waals surface area (Å²) in [6.45, 7) is 5.88. The second-order valence-electron chi connectivity index (χ2n) is 5.67. The summed E-state index contributed by atoms with van der Waals surface area (Å²) in [5.41, 5.74) is 11.0. The average Bonchev–Trinajstić information content (AvgIpc) is 2.55. The number of rotatable bonds is 16. The zero-order valence-corrected chi connectivity index (χ0v) is 15.1. The van der Waals surface area contributed by atoms with Crippen molar-refractivity contribution in [1.82, 2.24) is 25.8 Å². The van der Waals surface area contributed by atoms with Crippen LogP contribution in [0.3, 0.4) is 0 Å². The molecule has 146 valence electrons. The van der Waals surface area contributed by atoms with E-state index in [-0.39, 0.29) is 18.2 Å². The Morgan fingerprint density at radius 3 is 2.00 bits per heavy atom. The minimum atomic E-state index is -0.313. The van der Waals surface area contributed by atoms with Gasteiger partial charge in [0.15, 0.2) is 0 Å². The topological polar surface area (TPSA) is 146 Å². The molecule has 3 amide bonds. The van der Waals surface area contributed by atoms with Crippen molar-refractivity contribution in [3.63, 3.8) is 0 Å². The van der Waals surface area contributed by atoms with E-state index < -0.39 is 0 Å². The zero-order valence-electron chi connectivity index (χ0n) is 15.1. The fourth-order valence-electron chi connectivity index (χ4n) is 2.14. The van der Waals surface area contributed by atoms with E-state index in [9.17, 15) is 14.4 Å². The van der Waals surface area contributed by atoms with Gasteiger partial charge in [0, 0.05) is 65.4 Å². The molecule has 0 saturated heterocycles. The summed E-state index contributed by atoms with van der Waals surface area (Å²) in [7, 11) is 1.92. The van der Waals surface area contributed by atoms with Crippen molar-refractivity contribution < 1.29 is 14.4 Å². The summed E-state index contributed by atoms with van der Waals surface area (Å²) in [6, 6.07) is 0. The lowest BCUT2D eigenvalue weighted by Crippen LogP contribution is -2.41. The molecule has 25 heavy (non-hydrogen) atoms. The number of nitrogens with zero attached hydrogens (tertiary/aromatic N) is 2. The van der Waals surface area contributed by atoms with Crippen LogP contribution in [-0.2, 0) is 14.4 Å². The number of hydrogen-bond donors (Lipinski definition) is 5. The van der Waals surface area contributed by atoms with Gasteiger partial charge >= 0.3 is 0 Å². The van der Waals surface area contributed by atoms with Crippen molar-refractivity contribution in [3.05, 3.63) is 0 Å². The maximum absolute atomic E-state index is 11.8. The first-order valence-corrected chi connectivity index (χ1v) is 8.55. The molecule has 10 nitrogen and oxygen atoms in total. The van der Waals surface area contributed by atoms with Gasteiger partial charge in [0.1, 0.15) is 6.42 Å². The van der Waals surface area contributed by atoms with Crippen LogP contribution < -0.4 is 27.4 Å². The Morgan fingerprint density at radius 1 is 0.880 bits per heavy atom. The molecule has 0 aromatic rings. The van der Waals surface area contributed by atoms with Crippen molar-refractivity contribution in [2.75, 3.05) is 72.5 Å². The number of nitrogens with one attached hydrogen (secondary N) is 3. The Kier molecular flexibility index (Phi) is 14.7. The van der Waals surface area contributed by atoms with Crippen LogP contribution in [0.5, 0.6) is 0 Å². The van der Waals surface area contributed by atoms with Crippen LogP contribution in [0.15, 0.2) is 0 Å². The minimum Gasteiger partial charge on any atom is -0.357 e. The van der Waals surface area contributed by atoms with Gasteiger partial charge in [0.05, 0.1) is 0 Å². The van der Waals surface area contributed by atoms with Crippen LogP contribution in [0.2, 0.25) is 0 Å². The normalized spacial score (nSPS) is 10.8. The van der Waals surface area contributed by atoms with Gasteiger partial charge in [0.2, 0.25) is 18.2 Å². The smallest absolute Gasteiger partial charge is 0.229 e. The monoisotopic (exact) mass is 359 g/mol. The molecule has 0 radical (unpaired) electrons. The lowest BCUT2D eigenvalue weighted by Gasteiger charge is -2.21. The average molecular weight is 359 g/mol. The maximum Gasteiger partial charge on any atom is 0.229 e. The number of carbonyl (C=O) groups excluding carboxylic acids is 3. The van der Waals surface area contributed by atoms with Crippen LogP contribution in [0.25, 0.3) is 0 Å². The van der Waals surface area contributed by atoms with Gasteiger partial charge < -0.3 is 32.3 Å². The van der Waals surface area contributed by atoms with E-state index >= 15 is 0 Å². The van der Waals surface area contributed by atoms with Crippen molar-refractivity contribution >= 4 is 18.2 Å². The Balaban J connectivity index is 3.85. The molecule has 0 saturated carbocycles. The van der Waals surface area contributed by atoms with Gasteiger partial charge in [-0.05, 0) is 7.05 Å². The number of hydrogen-bond acceptors (Lipinski definition) is 7. The predicted molar refractivity (Wildman–Crippen MR) is 96.7 cm³/mol. The molecule has 0 fully saturated rings. The third-order valence-corrected chi connectivity index (χ3v) is 3.50. The van der Waals surface area contributed by atoms with E-state index in [1.165, 1.54) is 0 Å². The standard InChI is InChI=1S/C15H33N7O3/c1-21(7-2-16)9-5-19-14(24)12-15(25)20-6-11-22(8-3-17)10-4-18-13-23/h13H,2-12,16-17H2,1H3,(H,18,23)(H,19,24)(H,20,25). The first-order chi connectivity index (χ1) is 12.0. The molecule has 0 aromatic heterocycles. The highest BCUT2D eigenvalue weighted by atomic mass is 16.2. The Morgan fingerprint density at radius 2 is 1.44 bits per heavy atom. The van der Waals surface area contributed by atoms with Crippen molar-refractivity contribution in [2.45, 2.75) is 6.42 Å². The molecular formula is C15H33N7O3. The highest BCUT2D eigenvalue weighted by Crippen LogP contribution is 1.87. The molecule has 0 spiro atoms. The summed E-state index contributed by atoms with van der Waals surface area (Å²) in [4.78, 5) is 37.7. The van der Waals surface area contributed by atoms with Crippen LogP contribution in [-0.4, -0.2) is 101 Å². The Labute approximate surface area is 149 Å². The van der Waals surface area contributed by atoms with Gasteiger partial charge in [0.25, 0.3) is 0 Å². The lowest BCUT2D eigenvalue weighted by molar-refractivity contribution is -0.129. The van der Waals surface area contributed by atoms with E-state index in [0.29, 0.717) is 65.3 Å². The summed E-state index contributed by atoms with van der Waals surface area (Å²) in [6.07, 6.45) is 0.457. The minimum absolute atomic E-state index is 0.190. The van der Waals surface area contributed by atoms with Crippen LogP contribution in [0, 0.1) is 0 Å². The summed E-state index contributed by atoms with van der Waals surface area (Å²) >= 11 is 0. The molecule has 7 N–H and O–H groups in total. The molecule has 0 aliphatic rings. The number of carbonyl (C=O) groups is 3. The van der Waals surface area contributed by atoms with Gasteiger partial charge in [-0.25, -0.2) is 0 Å². The van der Waals surface area contributed by atoms with Gasteiger partial charge in [-0.1, -0.05) is 0 Å². The van der Waals surface area contributed by atoms with Crippen LogP contribution in [0.4, 0.5) is 0 Å². The number of likely N-dealkylation sites (N-methyl/N-ethyl adjacent to an activating group) is 1. The van der Waals surface area contributed by atoms with E-state index in [4.69, 9.17) is 11.5 Å². The molecule has 0 aliphatic carbocycles. The highest BCUT2D eigenvalue weighted by Gasteiger charge is 2.10. The molecule has 0 aliphatic heterocycles. The Bertz CT molecular complexity index is 382. The van der Waals surface area contributed by atoms with E-state index in [1.54, 1.807) is 0 Å². The van der Waals surface area contributed by atoms with Crippen LogP contribution in [0.1, 0.15) is 6.42 Å². The fraction of sp³-hybridized carbons (Fsp3) is 0.800. The first kappa shape index (κ1) is 23.2. The van der Waals surface area contributed by atoms with Crippen molar-refractivity contribution in [2.24, 2.45) is 11.5 Å². The van der Waals surface area contributed by atoms with Gasteiger partial charge in [-0.2, -0.15) is 0 Å². The first-order valence-electron chi connectivity index (χ1n) is 8.55. The van der Waals surface area contributed by atoms with Crippen molar-refractivity contribution in [3.8, 4) is 0 Å². The molecule has 10 heteroatoms. The highest BCUT2D eigenvalue weighted by molar-refractivity contribution is 5.96. The second-order valence-corrected chi connectivity index (χ2v) is 5.67. The molecule has 0 unspecified atom stereocenters. The van der Waals surface area contributed by atoms with E-state index in [1.807, 2.05) is 16.8 Å². The lowest BCUT2D eigenvalue weighted by atomic mass is 10.3. The maximum atomic E-state index is 11.8. The van der Waals surface area contributed by atoms with Crippen molar-refractivity contribution in [1.29, 1.82) is 0 Å². The molecule has 0 atom stereocenters. The SMILES string of the molecule is CN(CCN)CCNC(=O)CC(=O)NCCN(CCN)CCNC=O. The summed E-state index contributed by atoms with van der Waals surface area (Å²) in [5.74, 6) is -0.612. The third kappa shape index (κ3) is 14.3. The molecule has 0 heterocycles. The number of nitrogens with two attached hydrogens (primary N) is 2. The fourth-order valence-corrected chi connectivity index (χ4v) is 2.14. The molecule has 0 rings (SSSR count). The zero-order chi connectivity index (χ0) is 18.9.